The van der Waals surface area contributed by atoms with Crippen LogP contribution in [0.2, 0.25) is 0 Å². The molecule has 1 aromatic carbocycles. The highest BCUT2D eigenvalue weighted by Crippen LogP contribution is 2.49. The van der Waals surface area contributed by atoms with Crippen LogP contribution in [0.4, 0.5) is 0 Å². The van der Waals surface area contributed by atoms with Crippen LogP contribution in [-0.2, 0) is 7.05 Å². The SMILES string of the molecule is CNC(c1ccc2c(c1)ncn2C)C1(CO)CCC1. The van der Waals surface area contributed by atoms with Crippen molar-refractivity contribution in [2.24, 2.45) is 12.5 Å². The van der Waals surface area contributed by atoms with Crippen molar-refractivity contribution in [1.82, 2.24) is 14.9 Å². The molecule has 1 unspecified atom stereocenters. The molecule has 0 amide bonds. The van der Waals surface area contributed by atoms with Crippen LogP contribution in [0.3, 0.4) is 0 Å². The van der Waals surface area contributed by atoms with Gasteiger partial charge in [0.15, 0.2) is 0 Å². The van der Waals surface area contributed by atoms with Gasteiger partial charge in [0.1, 0.15) is 0 Å². The molecule has 19 heavy (non-hydrogen) atoms. The number of rotatable bonds is 4. The van der Waals surface area contributed by atoms with Gasteiger partial charge >= 0.3 is 0 Å². The molecule has 0 radical (unpaired) electrons. The monoisotopic (exact) mass is 259 g/mol. The Labute approximate surface area is 113 Å². The molecule has 0 aliphatic heterocycles. The number of aliphatic hydroxyl groups excluding tert-OH is 1. The molecule has 1 aliphatic carbocycles. The summed E-state index contributed by atoms with van der Waals surface area (Å²) in [5.41, 5.74) is 3.40. The van der Waals surface area contributed by atoms with Crippen molar-refractivity contribution in [3.63, 3.8) is 0 Å². The number of benzene rings is 1. The molecule has 1 heterocycles. The predicted octanol–water partition coefficient (Wildman–Crippen LogP) is 2.00. The van der Waals surface area contributed by atoms with Crippen LogP contribution in [0.1, 0.15) is 30.9 Å². The molecule has 1 saturated carbocycles. The number of fused-ring (bicyclic) bond motifs is 1. The van der Waals surface area contributed by atoms with E-state index >= 15 is 0 Å². The van der Waals surface area contributed by atoms with E-state index < -0.39 is 0 Å². The van der Waals surface area contributed by atoms with Crippen molar-refractivity contribution >= 4 is 11.0 Å². The average Bonchev–Trinajstić information content (AvgIpc) is 2.75. The average molecular weight is 259 g/mol. The van der Waals surface area contributed by atoms with Gasteiger partial charge in [-0.1, -0.05) is 12.5 Å². The second-order valence-corrected chi connectivity index (χ2v) is 5.70. The largest absolute Gasteiger partial charge is 0.396 e. The Kier molecular flexibility index (Phi) is 3.07. The first-order valence-electron chi connectivity index (χ1n) is 6.89. The van der Waals surface area contributed by atoms with Crippen LogP contribution < -0.4 is 5.32 Å². The normalized spacial score (nSPS) is 19.3. The fourth-order valence-electron chi connectivity index (χ4n) is 3.33. The molecular formula is C15H21N3O. The van der Waals surface area contributed by atoms with Gasteiger partial charge in [-0.15, -0.1) is 0 Å². The number of aliphatic hydroxyl groups is 1. The lowest BCUT2D eigenvalue weighted by Gasteiger charge is -2.46. The predicted molar refractivity (Wildman–Crippen MR) is 75.9 cm³/mol. The van der Waals surface area contributed by atoms with Gasteiger partial charge in [-0.3, -0.25) is 0 Å². The molecule has 1 fully saturated rings. The van der Waals surface area contributed by atoms with Crippen molar-refractivity contribution in [2.45, 2.75) is 25.3 Å². The molecule has 2 aromatic rings. The van der Waals surface area contributed by atoms with E-state index in [-0.39, 0.29) is 18.1 Å². The van der Waals surface area contributed by atoms with Crippen LogP contribution in [-0.4, -0.2) is 28.3 Å². The maximum Gasteiger partial charge on any atom is 0.0955 e. The number of nitrogens with one attached hydrogen (secondary N) is 1. The van der Waals surface area contributed by atoms with Crippen LogP contribution in [0.25, 0.3) is 11.0 Å². The van der Waals surface area contributed by atoms with Gasteiger partial charge < -0.3 is 15.0 Å². The first-order valence-corrected chi connectivity index (χ1v) is 6.89. The number of hydrogen-bond donors (Lipinski definition) is 2. The molecule has 1 aliphatic rings. The molecule has 3 rings (SSSR count). The number of hydrogen-bond acceptors (Lipinski definition) is 3. The van der Waals surface area contributed by atoms with E-state index in [2.05, 4.69) is 28.5 Å². The van der Waals surface area contributed by atoms with E-state index in [0.29, 0.717) is 0 Å². The highest BCUT2D eigenvalue weighted by atomic mass is 16.3. The number of aryl methyl sites for hydroxylation is 1. The summed E-state index contributed by atoms with van der Waals surface area (Å²) in [7, 11) is 3.98. The van der Waals surface area contributed by atoms with Crippen LogP contribution in [0, 0.1) is 5.41 Å². The maximum atomic E-state index is 9.76. The summed E-state index contributed by atoms with van der Waals surface area (Å²) < 4.78 is 2.03. The van der Waals surface area contributed by atoms with E-state index in [0.717, 1.165) is 23.9 Å². The minimum atomic E-state index is 0.0111. The Morgan fingerprint density at radius 1 is 1.47 bits per heavy atom. The molecular weight excluding hydrogens is 238 g/mol. The fraction of sp³-hybridized carbons (Fsp3) is 0.533. The quantitative estimate of drug-likeness (QED) is 0.883. The van der Waals surface area contributed by atoms with Gasteiger partial charge in [0.25, 0.3) is 0 Å². The third-order valence-corrected chi connectivity index (χ3v) is 4.65. The topological polar surface area (TPSA) is 50.1 Å². The molecule has 1 aromatic heterocycles. The Balaban J connectivity index is 2.01. The van der Waals surface area contributed by atoms with Crippen molar-refractivity contribution in [2.75, 3.05) is 13.7 Å². The summed E-state index contributed by atoms with van der Waals surface area (Å²) >= 11 is 0. The van der Waals surface area contributed by atoms with Crippen LogP contribution in [0.15, 0.2) is 24.5 Å². The lowest BCUT2D eigenvalue weighted by Crippen LogP contribution is -2.44. The van der Waals surface area contributed by atoms with Gasteiger partial charge in [0.05, 0.1) is 24.0 Å². The van der Waals surface area contributed by atoms with Gasteiger partial charge in [0, 0.05) is 18.5 Å². The summed E-state index contributed by atoms with van der Waals surface area (Å²) in [5.74, 6) is 0. The summed E-state index contributed by atoms with van der Waals surface area (Å²) in [6, 6.07) is 6.62. The summed E-state index contributed by atoms with van der Waals surface area (Å²) in [6.07, 6.45) is 5.24. The molecule has 0 saturated heterocycles. The van der Waals surface area contributed by atoms with Crippen molar-refractivity contribution in [3.8, 4) is 0 Å². The van der Waals surface area contributed by atoms with Gasteiger partial charge in [-0.25, -0.2) is 4.98 Å². The molecule has 4 nitrogen and oxygen atoms in total. The Bertz CT molecular complexity index is 581. The maximum absolute atomic E-state index is 9.76. The summed E-state index contributed by atoms with van der Waals surface area (Å²) in [5, 5.41) is 13.1. The first kappa shape index (κ1) is 12.6. The number of aromatic nitrogens is 2. The highest BCUT2D eigenvalue weighted by molar-refractivity contribution is 5.76. The molecule has 0 bridgehead atoms. The highest BCUT2D eigenvalue weighted by Gasteiger charge is 2.43. The van der Waals surface area contributed by atoms with Crippen LogP contribution >= 0.6 is 0 Å². The molecule has 2 N–H and O–H groups in total. The van der Waals surface area contributed by atoms with Gasteiger partial charge in [0.2, 0.25) is 0 Å². The third kappa shape index (κ3) is 1.86. The molecule has 4 heteroatoms. The van der Waals surface area contributed by atoms with E-state index in [4.69, 9.17) is 0 Å². The number of nitrogens with zero attached hydrogens (tertiary/aromatic N) is 2. The Morgan fingerprint density at radius 2 is 2.26 bits per heavy atom. The zero-order valence-electron chi connectivity index (χ0n) is 11.6. The second-order valence-electron chi connectivity index (χ2n) is 5.70. The van der Waals surface area contributed by atoms with Crippen molar-refractivity contribution in [1.29, 1.82) is 0 Å². The third-order valence-electron chi connectivity index (χ3n) is 4.65. The zero-order valence-corrected chi connectivity index (χ0v) is 11.6. The van der Waals surface area contributed by atoms with E-state index in [9.17, 15) is 5.11 Å². The van der Waals surface area contributed by atoms with Crippen molar-refractivity contribution in [3.05, 3.63) is 30.1 Å². The van der Waals surface area contributed by atoms with Crippen LogP contribution in [0.5, 0.6) is 0 Å². The molecule has 1 atom stereocenters. The van der Waals surface area contributed by atoms with Gasteiger partial charge in [-0.05, 0) is 37.6 Å². The van der Waals surface area contributed by atoms with Gasteiger partial charge in [-0.2, -0.15) is 0 Å². The van der Waals surface area contributed by atoms with E-state index in [1.807, 2.05) is 25.0 Å². The first-order chi connectivity index (χ1) is 9.20. The lowest BCUT2D eigenvalue weighted by molar-refractivity contribution is 0.00787. The molecule has 0 spiro atoms. The minimum Gasteiger partial charge on any atom is -0.396 e. The lowest BCUT2D eigenvalue weighted by atomic mass is 9.63. The fourth-order valence-corrected chi connectivity index (χ4v) is 3.33. The standard InChI is InChI=1S/C15H21N3O/c1-16-14(15(9-19)6-3-7-15)11-4-5-13-12(8-11)17-10-18(13)2/h4-5,8,10,14,16,19H,3,6-7,9H2,1-2H3. The summed E-state index contributed by atoms with van der Waals surface area (Å²) in [4.78, 5) is 4.42. The molecule has 102 valence electrons. The van der Waals surface area contributed by atoms with E-state index in [1.54, 1.807) is 0 Å². The smallest absolute Gasteiger partial charge is 0.0955 e. The Morgan fingerprint density at radius 3 is 2.84 bits per heavy atom. The Hall–Kier alpha value is -1.39. The zero-order chi connectivity index (χ0) is 13.5. The van der Waals surface area contributed by atoms with Crippen molar-refractivity contribution < 1.29 is 5.11 Å². The number of imidazole rings is 1. The van der Waals surface area contributed by atoms with E-state index in [1.165, 1.54) is 12.0 Å². The second kappa shape index (κ2) is 4.62. The minimum absolute atomic E-state index is 0.0111. The summed E-state index contributed by atoms with van der Waals surface area (Å²) in [6.45, 7) is 0.249.